The van der Waals surface area contributed by atoms with Crippen LogP contribution >= 0.6 is 0 Å². The van der Waals surface area contributed by atoms with E-state index in [9.17, 15) is 0 Å². The largest absolute Gasteiger partial charge is 0.456 e. The van der Waals surface area contributed by atoms with Gasteiger partial charge in [-0.25, -0.2) is 9.97 Å². The minimum Gasteiger partial charge on any atom is -0.456 e. The average Bonchev–Trinajstić information content (AvgIpc) is 3.79. The van der Waals surface area contributed by atoms with Gasteiger partial charge in [0.1, 0.15) is 39.9 Å². The van der Waals surface area contributed by atoms with Gasteiger partial charge in [0.2, 0.25) is 0 Å². The molecule has 0 fully saturated rings. The zero-order valence-electron chi connectivity index (χ0n) is 27.1. The SMILES string of the molecule is Cc1cccc(C)c1-c1c[n+]2c3c4c5c(ccc4c4nc6ncccc6cc4n13)Oc1ccc3c4ccccc4n4c3c1C52[n+]1ccccc1-4. The summed E-state index contributed by atoms with van der Waals surface area (Å²) in [7, 11) is 0. The Balaban J connectivity index is 1.35. The summed E-state index contributed by atoms with van der Waals surface area (Å²) in [6.07, 6.45) is 6.48. The van der Waals surface area contributed by atoms with Crippen LogP contribution in [0.15, 0.2) is 122 Å². The van der Waals surface area contributed by atoms with Gasteiger partial charge in [0.05, 0.1) is 11.6 Å². The summed E-state index contributed by atoms with van der Waals surface area (Å²) in [5.74, 6) is 2.86. The molecule has 3 aliphatic heterocycles. The van der Waals surface area contributed by atoms with Gasteiger partial charge in [0.15, 0.2) is 22.4 Å². The van der Waals surface area contributed by atoms with Crippen molar-refractivity contribution in [2.75, 3.05) is 0 Å². The zero-order valence-corrected chi connectivity index (χ0v) is 27.1. The Morgan fingerprint density at radius 3 is 2.44 bits per heavy atom. The summed E-state index contributed by atoms with van der Waals surface area (Å²) in [5, 5.41) is 5.72. The first kappa shape index (κ1) is 25.4. The smallest absolute Gasteiger partial charge is 0.318 e. The second kappa shape index (κ2) is 8.15. The molecule has 7 nitrogen and oxygen atoms in total. The zero-order chi connectivity index (χ0) is 32.6. The number of hydrogen-bond donors (Lipinski definition) is 0. The van der Waals surface area contributed by atoms with Crippen LogP contribution in [-0.4, -0.2) is 18.9 Å². The highest BCUT2D eigenvalue weighted by molar-refractivity contribution is 6.16. The minimum atomic E-state index is -0.764. The Morgan fingerprint density at radius 1 is 0.720 bits per heavy atom. The molecule has 232 valence electrons. The van der Waals surface area contributed by atoms with Crippen molar-refractivity contribution in [2.45, 2.75) is 19.5 Å². The summed E-state index contributed by atoms with van der Waals surface area (Å²) >= 11 is 0. The molecule has 1 unspecified atom stereocenters. The van der Waals surface area contributed by atoms with Gasteiger partial charge in [0.25, 0.3) is 11.5 Å². The second-order valence-corrected chi connectivity index (χ2v) is 14.0. The van der Waals surface area contributed by atoms with Crippen LogP contribution in [-0.2, 0) is 5.66 Å². The lowest BCUT2D eigenvalue weighted by Crippen LogP contribution is -2.75. The second-order valence-electron chi connectivity index (χ2n) is 14.0. The lowest BCUT2D eigenvalue weighted by Gasteiger charge is -2.36. The van der Waals surface area contributed by atoms with Crippen molar-refractivity contribution >= 4 is 60.3 Å². The van der Waals surface area contributed by atoms with Gasteiger partial charge in [-0.15, -0.1) is 0 Å². The average molecular weight is 643 g/mol. The van der Waals surface area contributed by atoms with Gasteiger partial charge in [0, 0.05) is 39.4 Å². The lowest BCUT2D eigenvalue weighted by molar-refractivity contribution is -0.956. The Kier molecular flexibility index (Phi) is 4.15. The molecule has 0 saturated heterocycles. The lowest BCUT2D eigenvalue weighted by atomic mass is 9.83. The number of imidazole rings is 1. The van der Waals surface area contributed by atoms with E-state index in [1.54, 1.807) is 0 Å². The van der Waals surface area contributed by atoms with Crippen LogP contribution in [0, 0.1) is 13.8 Å². The Morgan fingerprint density at radius 2 is 1.54 bits per heavy atom. The summed E-state index contributed by atoms with van der Waals surface area (Å²) in [4.78, 5) is 10.0. The van der Waals surface area contributed by atoms with Crippen molar-refractivity contribution in [1.82, 2.24) is 18.9 Å². The number of fused-ring (bicyclic) bond motifs is 9. The topological polar surface area (TPSA) is 52.1 Å². The minimum absolute atomic E-state index is 0.742. The predicted octanol–water partition coefficient (Wildman–Crippen LogP) is 8.18. The molecule has 3 aliphatic rings. The van der Waals surface area contributed by atoms with Crippen LogP contribution in [0.25, 0.3) is 77.4 Å². The molecular weight excluding hydrogens is 617 g/mol. The van der Waals surface area contributed by atoms with Gasteiger partial charge < -0.3 is 4.74 Å². The molecule has 0 amide bonds. The summed E-state index contributed by atoms with van der Waals surface area (Å²) in [5.41, 5.74) is 12.6. The molecule has 0 saturated carbocycles. The number of nitrogens with zero attached hydrogens (tertiary/aromatic N) is 6. The Hall–Kier alpha value is -6.60. The van der Waals surface area contributed by atoms with E-state index in [-0.39, 0.29) is 0 Å². The first-order chi connectivity index (χ1) is 24.6. The number of aryl methyl sites for hydroxylation is 2. The van der Waals surface area contributed by atoms with Crippen LogP contribution in [0.4, 0.5) is 0 Å². The van der Waals surface area contributed by atoms with Gasteiger partial charge in [-0.05, 0) is 85.6 Å². The number of hydrogen-bond acceptors (Lipinski definition) is 3. The highest BCUT2D eigenvalue weighted by Crippen LogP contribution is 2.57. The maximum atomic E-state index is 6.99. The highest BCUT2D eigenvalue weighted by Gasteiger charge is 2.65. The third kappa shape index (κ3) is 2.56. The number of benzene rings is 4. The third-order valence-electron chi connectivity index (χ3n) is 11.6. The summed E-state index contributed by atoms with van der Waals surface area (Å²) < 4.78 is 16.9. The molecule has 9 heterocycles. The normalized spacial score (nSPS) is 16.4. The highest BCUT2D eigenvalue weighted by atomic mass is 16.5. The molecule has 0 radical (unpaired) electrons. The number of para-hydroxylation sites is 1. The number of ether oxygens (including phenoxy) is 1. The van der Waals surface area contributed by atoms with Crippen molar-refractivity contribution < 1.29 is 13.9 Å². The van der Waals surface area contributed by atoms with Gasteiger partial charge in [-0.1, -0.05) is 36.4 Å². The fourth-order valence-electron chi connectivity index (χ4n) is 9.82. The Bertz CT molecular complexity index is 3260. The molecule has 7 heteroatoms. The maximum Gasteiger partial charge on any atom is 0.318 e. The van der Waals surface area contributed by atoms with Crippen molar-refractivity contribution in [1.29, 1.82) is 0 Å². The van der Waals surface area contributed by atoms with E-state index in [0.29, 0.717) is 0 Å². The number of aromatic nitrogens is 6. The molecule has 50 heavy (non-hydrogen) atoms. The summed E-state index contributed by atoms with van der Waals surface area (Å²) in [6, 6.07) is 37.0. The van der Waals surface area contributed by atoms with Crippen LogP contribution in [0.2, 0.25) is 0 Å². The first-order valence-corrected chi connectivity index (χ1v) is 17.1. The van der Waals surface area contributed by atoms with Crippen LogP contribution < -0.4 is 13.9 Å². The first-order valence-electron chi connectivity index (χ1n) is 17.1. The molecule has 10 aromatic rings. The van der Waals surface area contributed by atoms with Crippen molar-refractivity contribution in [3.05, 3.63) is 144 Å². The van der Waals surface area contributed by atoms with Gasteiger partial charge in [-0.2, -0.15) is 18.1 Å². The fraction of sp³-hybridized carbons (Fsp3) is 0.0698. The number of rotatable bonds is 1. The third-order valence-corrected chi connectivity index (χ3v) is 11.6. The van der Waals surface area contributed by atoms with Crippen LogP contribution in [0.5, 0.6) is 11.5 Å². The van der Waals surface area contributed by atoms with Gasteiger partial charge in [-0.3, -0.25) is 0 Å². The predicted molar refractivity (Wildman–Crippen MR) is 193 cm³/mol. The molecule has 6 aromatic heterocycles. The van der Waals surface area contributed by atoms with Crippen LogP contribution in [0.1, 0.15) is 22.3 Å². The van der Waals surface area contributed by atoms with E-state index < -0.39 is 5.66 Å². The molecular formula is C43H26N6O+2. The van der Waals surface area contributed by atoms with Crippen LogP contribution in [0.3, 0.4) is 0 Å². The van der Waals surface area contributed by atoms with E-state index in [4.69, 9.17) is 14.7 Å². The van der Waals surface area contributed by atoms with Crippen molar-refractivity contribution in [3.8, 4) is 28.6 Å². The molecule has 0 bridgehead atoms. The van der Waals surface area contributed by atoms with E-state index in [1.807, 2.05) is 12.3 Å². The van der Waals surface area contributed by atoms with Gasteiger partial charge >= 0.3 is 5.66 Å². The quantitative estimate of drug-likeness (QED) is 0.103. The molecule has 13 rings (SSSR count). The van der Waals surface area contributed by atoms with Crippen molar-refractivity contribution in [3.63, 3.8) is 0 Å². The number of pyridine rings is 4. The summed E-state index contributed by atoms with van der Waals surface area (Å²) in [6.45, 7) is 4.44. The van der Waals surface area contributed by atoms with Crippen molar-refractivity contribution in [2.24, 2.45) is 0 Å². The van der Waals surface area contributed by atoms with E-state index in [1.165, 1.54) is 38.5 Å². The fourth-order valence-corrected chi connectivity index (χ4v) is 9.82. The Labute approximate surface area is 284 Å². The molecule has 1 spiro atoms. The molecule has 0 N–H and O–H groups in total. The van der Waals surface area contributed by atoms with E-state index >= 15 is 0 Å². The van der Waals surface area contributed by atoms with E-state index in [2.05, 4.69) is 141 Å². The molecule has 0 aliphatic carbocycles. The molecule has 1 atom stereocenters. The standard InChI is InChI=1S/C43H26N6O/c1-23-9-7-10-24(2)35(23)31-22-47-42-36-28(39-30(48(31)42)21-25-11-8-19-44-41(25)45-39)16-18-32-37(36)43(47)38-33(50-32)17-15-27-26-12-3-4-13-29(26)49(40(27)38)34-14-5-6-20-46(34)43/h3-22H,1-2H3/q+2. The van der Waals surface area contributed by atoms with E-state index in [0.717, 1.165) is 72.6 Å². The maximum absolute atomic E-state index is 6.99. The monoisotopic (exact) mass is 642 g/mol. The molecule has 4 aromatic carbocycles.